The summed E-state index contributed by atoms with van der Waals surface area (Å²) in [4.78, 5) is 23.8. The average Bonchev–Trinajstić information content (AvgIpc) is 3.16. The van der Waals surface area contributed by atoms with Crippen LogP contribution in [-0.4, -0.2) is 18.5 Å². The summed E-state index contributed by atoms with van der Waals surface area (Å²) in [6, 6.07) is 8.73. The molecular formula is C18H20N2O3. The monoisotopic (exact) mass is 312 g/mol. The zero-order chi connectivity index (χ0) is 16.2. The molecule has 5 nitrogen and oxygen atoms in total. The Labute approximate surface area is 135 Å². The topological polar surface area (TPSA) is 79.2 Å². The standard InChI is InChI=1S/C18H20N2O3/c19-10-14-3-1-2-4-16(14)20-17(21)11-23-18(22)9-15-8-12-5-6-13(15)7-12/h1-4,12-13,15H,5-9,11H2,(H,20,21)/t12-,13-,15-/m0/s1. The number of hydrogen-bond acceptors (Lipinski definition) is 4. The molecule has 5 heteroatoms. The zero-order valence-corrected chi connectivity index (χ0v) is 13.0. The third kappa shape index (κ3) is 3.70. The molecule has 1 aromatic carbocycles. The number of fused-ring (bicyclic) bond motifs is 2. The van der Waals surface area contributed by atoms with Gasteiger partial charge in [-0.1, -0.05) is 18.6 Å². The average molecular weight is 312 g/mol. The summed E-state index contributed by atoms with van der Waals surface area (Å²) < 4.78 is 5.09. The van der Waals surface area contributed by atoms with Crippen LogP contribution in [0.1, 0.15) is 37.7 Å². The number of para-hydroxylation sites is 1. The number of hydrogen-bond donors (Lipinski definition) is 1. The SMILES string of the molecule is N#Cc1ccccc1NC(=O)COC(=O)C[C@@H]1C[C@H]2CC[C@H]1C2. The molecule has 2 aliphatic carbocycles. The molecule has 2 bridgehead atoms. The molecular weight excluding hydrogens is 292 g/mol. The number of amides is 1. The largest absolute Gasteiger partial charge is 0.456 e. The van der Waals surface area contributed by atoms with Gasteiger partial charge in [0.05, 0.1) is 11.3 Å². The van der Waals surface area contributed by atoms with Gasteiger partial charge >= 0.3 is 5.97 Å². The van der Waals surface area contributed by atoms with Crippen molar-refractivity contribution in [2.24, 2.45) is 17.8 Å². The summed E-state index contributed by atoms with van der Waals surface area (Å²) in [5, 5.41) is 11.6. The van der Waals surface area contributed by atoms with Gasteiger partial charge in [-0.25, -0.2) is 0 Å². The van der Waals surface area contributed by atoms with Crippen molar-refractivity contribution in [3.8, 4) is 6.07 Å². The maximum absolute atomic E-state index is 11.9. The van der Waals surface area contributed by atoms with E-state index >= 15 is 0 Å². The predicted octanol–water partition coefficient (Wildman–Crippen LogP) is 2.87. The van der Waals surface area contributed by atoms with Crippen molar-refractivity contribution in [2.45, 2.75) is 32.1 Å². The van der Waals surface area contributed by atoms with E-state index in [4.69, 9.17) is 10.00 Å². The third-order valence-corrected chi connectivity index (χ3v) is 5.00. The van der Waals surface area contributed by atoms with Crippen LogP contribution in [0.2, 0.25) is 0 Å². The van der Waals surface area contributed by atoms with Crippen LogP contribution in [-0.2, 0) is 14.3 Å². The van der Waals surface area contributed by atoms with Gasteiger partial charge in [0.2, 0.25) is 0 Å². The number of nitriles is 1. The molecule has 0 unspecified atom stereocenters. The number of nitrogens with zero attached hydrogens (tertiary/aromatic N) is 1. The van der Waals surface area contributed by atoms with Crippen molar-refractivity contribution in [3.63, 3.8) is 0 Å². The number of carbonyl (C=O) groups is 2. The normalized spacial score (nSPS) is 24.9. The number of rotatable bonds is 5. The Morgan fingerprint density at radius 3 is 2.78 bits per heavy atom. The Kier molecular flexibility index (Phi) is 4.61. The summed E-state index contributed by atoms with van der Waals surface area (Å²) in [5.41, 5.74) is 0.818. The van der Waals surface area contributed by atoms with Crippen LogP contribution >= 0.6 is 0 Å². The summed E-state index contributed by atoms with van der Waals surface area (Å²) in [6.07, 6.45) is 5.33. The Morgan fingerprint density at radius 1 is 1.26 bits per heavy atom. The molecule has 23 heavy (non-hydrogen) atoms. The predicted molar refractivity (Wildman–Crippen MR) is 84.3 cm³/mol. The Hall–Kier alpha value is -2.35. The Bertz CT molecular complexity index is 650. The molecule has 0 radical (unpaired) electrons. The maximum atomic E-state index is 11.9. The quantitative estimate of drug-likeness (QED) is 0.848. The number of anilines is 1. The van der Waals surface area contributed by atoms with Crippen LogP contribution in [0.4, 0.5) is 5.69 Å². The molecule has 0 saturated heterocycles. The molecule has 3 atom stereocenters. The number of esters is 1. The highest BCUT2D eigenvalue weighted by Gasteiger charge is 2.40. The number of carbonyl (C=O) groups excluding carboxylic acids is 2. The second kappa shape index (κ2) is 6.82. The van der Waals surface area contributed by atoms with E-state index in [2.05, 4.69) is 5.32 Å². The van der Waals surface area contributed by atoms with Crippen molar-refractivity contribution in [1.82, 2.24) is 0 Å². The van der Waals surface area contributed by atoms with Gasteiger partial charge in [0, 0.05) is 6.42 Å². The molecule has 1 N–H and O–H groups in total. The first-order chi connectivity index (χ1) is 11.2. The highest BCUT2D eigenvalue weighted by atomic mass is 16.5. The highest BCUT2D eigenvalue weighted by Crippen LogP contribution is 2.49. The molecule has 2 fully saturated rings. The highest BCUT2D eigenvalue weighted by molar-refractivity contribution is 5.93. The lowest BCUT2D eigenvalue weighted by Crippen LogP contribution is -2.23. The fourth-order valence-corrected chi connectivity index (χ4v) is 3.92. The van der Waals surface area contributed by atoms with E-state index < -0.39 is 5.91 Å². The number of nitrogens with one attached hydrogen (secondary N) is 1. The molecule has 0 aliphatic heterocycles. The van der Waals surface area contributed by atoms with Gasteiger partial charge in [-0.05, 0) is 49.1 Å². The van der Waals surface area contributed by atoms with E-state index in [-0.39, 0.29) is 12.6 Å². The van der Waals surface area contributed by atoms with Crippen molar-refractivity contribution in [2.75, 3.05) is 11.9 Å². The first kappa shape index (κ1) is 15.5. The first-order valence-corrected chi connectivity index (χ1v) is 8.10. The van der Waals surface area contributed by atoms with Gasteiger partial charge in [-0.3, -0.25) is 9.59 Å². The van der Waals surface area contributed by atoms with E-state index in [1.807, 2.05) is 6.07 Å². The van der Waals surface area contributed by atoms with Crippen molar-refractivity contribution in [3.05, 3.63) is 29.8 Å². The fraction of sp³-hybridized carbons (Fsp3) is 0.500. The van der Waals surface area contributed by atoms with E-state index in [1.165, 1.54) is 19.3 Å². The van der Waals surface area contributed by atoms with Gasteiger partial charge in [0.25, 0.3) is 5.91 Å². The van der Waals surface area contributed by atoms with Crippen LogP contribution < -0.4 is 5.32 Å². The number of benzene rings is 1. The smallest absolute Gasteiger partial charge is 0.306 e. The maximum Gasteiger partial charge on any atom is 0.306 e. The minimum absolute atomic E-state index is 0.300. The van der Waals surface area contributed by atoms with Crippen molar-refractivity contribution >= 4 is 17.6 Å². The summed E-state index contributed by atoms with van der Waals surface area (Å²) in [6.45, 7) is -0.306. The van der Waals surface area contributed by atoms with Gasteiger partial charge in [0.15, 0.2) is 6.61 Å². The first-order valence-electron chi connectivity index (χ1n) is 8.10. The molecule has 2 aliphatic rings. The number of ether oxygens (including phenoxy) is 1. The molecule has 0 heterocycles. The lowest BCUT2D eigenvalue weighted by molar-refractivity contribution is -0.148. The van der Waals surface area contributed by atoms with Gasteiger partial charge in [-0.15, -0.1) is 0 Å². The van der Waals surface area contributed by atoms with Gasteiger partial charge < -0.3 is 10.1 Å². The van der Waals surface area contributed by atoms with E-state index in [1.54, 1.807) is 24.3 Å². The van der Waals surface area contributed by atoms with Gasteiger partial charge in [0.1, 0.15) is 6.07 Å². The molecule has 120 valence electrons. The van der Waals surface area contributed by atoms with Crippen molar-refractivity contribution < 1.29 is 14.3 Å². The Morgan fingerprint density at radius 2 is 2.09 bits per heavy atom. The van der Waals surface area contributed by atoms with Gasteiger partial charge in [-0.2, -0.15) is 5.26 Å². The second-order valence-corrected chi connectivity index (χ2v) is 6.51. The minimum Gasteiger partial charge on any atom is -0.456 e. The zero-order valence-electron chi connectivity index (χ0n) is 13.0. The second-order valence-electron chi connectivity index (χ2n) is 6.51. The molecule has 3 rings (SSSR count). The lowest BCUT2D eigenvalue weighted by Gasteiger charge is -2.20. The molecule has 1 amide bonds. The fourth-order valence-electron chi connectivity index (χ4n) is 3.92. The van der Waals surface area contributed by atoms with Crippen LogP contribution in [0.3, 0.4) is 0 Å². The molecule has 2 saturated carbocycles. The van der Waals surface area contributed by atoms with Crippen LogP contribution in [0.5, 0.6) is 0 Å². The summed E-state index contributed by atoms with van der Waals surface area (Å²) in [5.74, 6) is 1.18. The molecule has 1 aromatic rings. The molecule has 0 spiro atoms. The summed E-state index contributed by atoms with van der Waals surface area (Å²) in [7, 11) is 0. The third-order valence-electron chi connectivity index (χ3n) is 5.00. The molecule has 0 aromatic heterocycles. The van der Waals surface area contributed by atoms with E-state index in [9.17, 15) is 9.59 Å². The van der Waals surface area contributed by atoms with E-state index in [0.29, 0.717) is 29.5 Å². The minimum atomic E-state index is -0.422. The summed E-state index contributed by atoms with van der Waals surface area (Å²) >= 11 is 0. The van der Waals surface area contributed by atoms with Crippen LogP contribution in [0.15, 0.2) is 24.3 Å². The Balaban J connectivity index is 1.44. The van der Waals surface area contributed by atoms with E-state index in [0.717, 1.165) is 12.3 Å². The van der Waals surface area contributed by atoms with Crippen LogP contribution in [0, 0.1) is 29.1 Å². The van der Waals surface area contributed by atoms with Crippen LogP contribution in [0.25, 0.3) is 0 Å². The van der Waals surface area contributed by atoms with Crippen molar-refractivity contribution in [1.29, 1.82) is 5.26 Å². The lowest BCUT2D eigenvalue weighted by atomic mass is 9.86.